The lowest BCUT2D eigenvalue weighted by Gasteiger charge is -2.37. The van der Waals surface area contributed by atoms with Crippen LogP contribution in [0.1, 0.15) is 81.7 Å². The molecule has 14 heteroatoms. The minimum atomic E-state index is -0.994. The van der Waals surface area contributed by atoms with Crippen LogP contribution in [0.3, 0.4) is 0 Å². The van der Waals surface area contributed by atoms with Gasteiger partial charge in [-0.15, -0.1) is 11.6 Å². The van der Waals surface area contributed by atoms with Crippen molar-refractivity contribution in [2.45, 2.75) is 57.1 Å². The molecule has 2 atom stereocenters. The molecule has 3 fully saturated rings. The molecule has 0 aromatic heterocycles. The highest BCUT2D eigenvalue weighted by Crippen LogP contribution is 2.35. The molecule has 4 aliphatic heterocycles. The van der Waals surface area contributed by atoms with Gasteiger partial charge in [-0.3, -0.25) is 34.2 Å². The number of ether oxygens (including phenoxy) is 2. The lowest BCUT2D eigenvalue weighted by Crippen LogP contribution is -2.54. The van der Waals surface area contributed by atoms with Gasteiger partial charge in [0.15, 0.2) is 0 Å². The van der Waals surface area contributed by atoms with E-state index in [0.29, 0.717) is 50.0 Å². The minimum Gasteiger partial charge on any atom is -0.493 e. The van der Waals surface area contributed by atoms with Gasteiger partial charge in [-0.05, 0) is 103 Å². The van der Waals surface area contributed by atoms with E-state index in [1.165, 1.54) is 0 Å². The number of amides is 5. The standard InChI is InChI=1S/C48H52ClN5O8/c1-48(2,34-7-14-39(15-8-34)62-30-37(55)28-49)33-5-12-38(13-6-33)61-29-31-19-21-53(22-20-31)45(58)32-3-9-35(10-4-32)51-23-25-52(26-24-51)36-11-16-40-41(27-36)47(60)54(46(40)59)42-17-18-43(56)50-44(42)57/h3-16,27,31,37,42,55H,17-26,28-30H2,1-2H3,(H,50,56,57)/t37-,42?/m1/s1. The van der Waals surface area contributed by atoms with Crippen LogP contribution < -0.4 is 24.6 Å². The first-order chi connectivity index (χ1) is 29.9. The number of carbonyl (C=O) groups excluding carboxylic acids is 5. The molecule has 8 rings (SSSR count). The Labute approximate surface area is 366 Å². The van der Waals surface area contributed by atoms with Gasteiger partial charge in [0.05, 0.1) is 23.6 Å². The predicted octanol–water partition coefficient (Wildman–Crippen LogP) is 5.65. The average Bonchev–Trinajstić information content (AvgIpc) is 3.55. The zero-order chi connectivity index (χ0) is 43.5. The molecule has 62 heavy (non-hydrogen) atoms. The van der Waals surface area contributed by atoms with Crippen LogP contribution in [-0.4, -0.2) is 115 Å². The third-order valence-corrected chi connectivity index (χ3v) is 13.1. The lowest BCUT2D eigenvalue weighted by molar-refractivity contribution is -0.136. The fraction of sp³-hybridized carbons (Fsp3) is 0.396. The van der Waals surface area contributed by atoms with E-state index in [1.54, 1.807) is 12.1 Å². The molecule has 4 aromatic rings. The Morgan fingerprint density at radius 1 is 0.742 bits per heavy atom. The minimum absolute atomic E-state index is 0.0343. The maximum atomic E-state index is 13.5. The smallest absolute Gasteiger partial charge is 0.262 e. The predicted molar refractivity (Wildman–Crippen MR) is 235 cm³/mol. The summed E-state index contributed by atoms with van der Waals surface area (Å²) in [7, 11) is 0. The number of piperazine rings is 1. The fourth-order valence-electron chi connectivity index (χ4n) is 8.73. The summed E-state index contributed by atoms with van der Waals surface area (Å²) in [6.45, 7) is 9.31. The number of hydrogen-bond acceptors (Lipinski definition) is 10. The van der Waals surface area contributed by atoms with Gasteiger partial charge in [-0.1, -0.05) is 38.1 Å². The van der Waals surface area contributed by atoms with Crippen LogP contribution in [0.15, 0.2) is 91.0 Å². The first-order valence-corrected chi connectivity index (χ1v) is 21.9. The van der Waals surface area contributed by atoms with Crippen LogP contribution >= 0.6 is 11.6 Å². The molecular formula is C48H52ClN5O8. The van der Waals surface area contributed by atoms with Crippen molar-refractivity contribution in [1.82, 2.24) is 15.1 Å². The number of nitrogens with one attached hydrogen (secondary N) is 1. The zero-order valence-corrected chi connectivity index (χ0v) is 35.8. The quantitative estimate of drug-likeness (QED) is 0.128. The summed E-state index contributed by atoms with van der Waals surface area (Å²) < 4.78 is 11.9. The molecule has 324 valence electrons. The number of rotatable bonds is 13. The van der Waals surface area contributed by atoms with Crippen molar-refractivity contribution in [2.24, 2.45) is 5.92 Å². The molecule has 3 saturated heterocycles. The summed E-state index contributed by atoms with van der Waals surface area (Å²) in [6.07, 6.45) is 1.24. The molecule has 4 aliphatic rings. The number of piperidine rings is 2. The number of aliphatic hydroxyl groups is 1. The third kappa shape index (κ3) is 9.00. The highest BCUT2D eigenvalue weighted by molar-refractivity contribution is 6.23. The Kier molecular flexibility index (Phi) is 12.6. The van der Waals surface area contributed by atoms with Gasteiger partial charge in [-0.25, -0.2) is 0 Å². The van der Waals surface area contributed by atoms with Crippen LogP contribution in [0.25, 0.3) is 0 Å². The highest BCUT2D eigenvalue weighted by atomic mass is 35.5. The molecule has 0 saturated carbocycles. The van der Waals surface area contributed by atoms with E-state index >= 15 is 0 Å². The maximum absolute atomic E-state index is 13.5. The number of halogens is 1. The summed E-state index contributed by atoms with van der Waals surface area (Å²) in [5.74, 6) is -0.0233. The van der Waals surface area contributed by atoms with Gasteiger partial charge >= 0.3 is 0 Å². The number of alkyl halides is 1. The Morgan fingerprint density at radius 3 is 1.90 bits per heavy atom. The number of likely N-dealkylation sites (tertiary alicyclic amines) is 1. The van der Waals surface area contributed by atoms with Gasteiger partial charge < -0.3 is 29.3 Å². The van der Waals surface area contributed by atoms with Crippen LogP contribution in [0.2, 0.25) is 0 Å². The molecule has 5 amide bonds. The van der Waals surface area contributed by atoms with Crippen molar-refractivity contribution in [1.29, 1.82) is 0 Å². The number of nitrogens with zero attached hydrogens (tertiary/aromatic N) is 4. The number of imide groups is 2. The molecule has 1 unspecified atom stereocenters. The molecule has 13 nitrogen and oxygen atoms in total. The monoisotopic (exact) mass is 861 g/mol. The summed E-state index contributed by atoms with van der Waals surface area (Å²) in [6, 6.07) is 28.2. The molecule has 2 N–H and O–H groups in total. The van der Waals surface area contributed by atoms with E-state index in [-0.39, 0.29) is 47.8 Å². The molecular weight excluding hydrogens is 810 g/mol. The molecule has 4 heterocycles. The molecule has 0 aliphatic carbocycles. The number of fused-ring (bicyclic) bond motifs is 1. The zero-order valence-electron chi connectivity index (χ0n) is 35.1. The van der Waals surface area contributed by atoms with E-state index in [2.05, 4.69) is 41.1 Å². The van der Waals surface area contributed by atoms with E-state index in [0.717, 1.165) is 59.1 Å². The highest BCUT2D eigenvalue weighted by Gasteiger charge is 2.45. The summed E-state index contributed by atoms with van der Waals surface area (Å²) >= 11 is 5.67. The molecule has 4 aromatic carbocycles. The van der Waals surface area contributed by atoms with Gasteiger partial charge in [0, 0.05) is 68.0 Å². The van der Waals surface area contributed by atoms with Gasteiger partial charge in [0.25, 0.3) is 17.7 Å². The second-order valence-corrected chi connectivity index (χ2v) is 17.3. The normalized spacial score (nSPS) is 19.1. The number of carbonyl (C=O) groups is 5. The molecule has 0 radical (unpaired) electrons. The van der Waals surface area contributed by atoms with Crippen LogP contribution in [0.4, 0.5) is 11.4 Å². The SMILES string of the molecule is CC(C)(c1ccc(OCC2CCN(C(=O)c3ccc(N4CCN(c5ccc6c(c5)C(=O)N(C5CCC(=O)NC5=O)C6=O)CC4)cc3)CC2)cc1)c1ccc(OC[C@H](O)CCl)cc1. The van der Waals surface area contributed by atoms with E-state index in [4.69, 9.17) is 21.1 Å². The van der Waals surface area contributed by atoms with Crippen molar-refractivity contribution in [3.8, 4) is 11.5 Å². The largest absolute Gasteiger partial charge is 0.493 e. The average molecular weight is 862 g/mol. The van der Waals surface area contributed by atoms with Crippen molar-refractivity contribution >= 4 is 52.5 Å². The second-order valence-electron chi connectivity index (χ2n) is 17.0. The topological polar surface area (TPSA) is 149 Å². The fourth-order valence-corrected chi connectivity index (χ4v) is 8.82. The number of benzene rings is 4. The molecule has 0 spiro atoms. The Bertz CT molecular complexity index is 2300. The summed E-state index contributed by atoms with van der Waals surface area (Å²) in [4.78, 5) is 71.4. The lowest BCUT2D eigenvalue weighted by atomic mass is 9.78. The van der Waals surface area contributed by atoms with Crippen molar-refractivity contribution < 1.29 is 38.6 Å². The Morgan fingerprint density at radius 2 is 1.31 bits per heavy atom. The first kappa shape index (κ1) is 42.8. The Balaban J connectivity index is 0.775. The van der Waals surface area contributed by atoms with Crippen LogP contribution in [0.5, 0.6) is 11.5 Å². The summed E-state index contributed by atoms with van der Waals surface area (Å²) in [5.41, 5.74) is 5.13. The van der Waals surface area contributed by atoms with E-state index < -0.39 is 35.8 Å². The number of aliphatic hydroxyl groups excluding tert-OH is 1. The van der Waals surface area contributed by atoms with Crippen LogP contribution in [-0.2, 0) is 15.0 Å². The maximum Gasteiger partial charge on any atom is 0.262 e. The van der Waals surface area contributed by atoms with Gasteiger partial charge in [0.2, 0.25) is 11.8 Å². The van der Waals surface area contributed by atoms with E-state index in [9.17, 15) is 29.1 Å². The van der Waals surface area contributed by atoms with Crippen molar-refractivity contribution in [2.75, 3.05) is 68.2 Å². The first-order valence-electron chi connectivity index (χ1n) is 21.3. The van der Waals surface area contributed by atoms with Crippen molar-refractivity contribution in [3.63, 3.8) is 0 Å². The third-order valence-electron chi connectivity index (χ3n) is 12.7. The van der Waals surface area contributed by atoms with Gasteiger partial charge in [-0.2, -0.15) is 0 Å². The van der Waals surface area contributed by atoms with E-state index in [1.807, 2.05) is 71.6 Å². The molecule has 0 bridgehead atoms. The Hall–Kier alpha value is -5.92. The summed E-state index contributed by atoms with van der Waals surface area (Å²) in [5, 5.41) is 11.9. The van der Waals surface area contributed by atoms with Gasteiger partial charge in [0.1, 0.15) is 30.3 Å². The second kappa shape index (κ2) is 18.2. The number of hydrogen-bond donors (Lipinski definition) is 2. The van der Waals surface area contributed by atoms with Crippen molar-refractivity contribution in [3.05, 3.63) is 119 Å². The number of anilines is 2. The van der Waals surface area contributed by atoms with Crippen LogP contribution in [0, 0.1) is 5.92 Å².